The lowest BCUT2D eigenvalue weighted by Crippen LogP contribution is -2.09. The Morgan fingerprint density at radius 2 is 1.46 bits per heavy atom. The van der Waals surface area contributed by atoms with Crippen molar-refractivity contribution in [3.63, 3.8) is 0 Å². The van der Waals surface area contributed by atoms with Crippen LogP contribution in [0.1, 0.15) is 47.7 Å². The molecule has 2 aromatic rings. The second-order valence-electron chi connectivity index (χ2n) is 7.39. The van der Waals surface area contributed by atoms with E-state index in [4.69, 9.17) is 4.74 Å². The Balaban J connectivity index is 2.46. The van der Waals surface area contributed by atoms with Gasteiger partial charge >= 0.3 is 5.97 Å². The van der Waals surface area contributed by atoms with Crippen molar-refractivity contribution >= 4 is 28.6 Å². The van der Waals surface area contributed by atoms with Crippen molar-refractivity contribution in [2.75, 3.05) is 6.61 Å². The Bertz CT molecular complexity index is 1400. The molecule has 0 saturated heterocycles. The van der Waals surface area contributed by atoms with Gasteiger partial charge in [-0.1, -0.05) is 19.8 Å². The molecule has 0 radical (unpaired) electrons. The molecule has 0 heterocycles. The van der Waals surface area contributed by atoms with E-state index in [-0.39, 0.29) is 34.4 Å². The predicted octanol–water partition coefficient (Wildman–Crippen LogP) is 4.59. The van der Waals surface area contributed by atoms with Gasteiger partial charge in [-0.25, -0.2) is 4.79 Å². The average molecular weight is 477 g/mol. The van der Waals surface area contributed by atoms with Crippen molar-refractivity contribution in [3.8, 4) is 23.3 Å². The minimum Gasteiger partial charge on any atom is -0.462 e. The van der Waals surface area contributed by atoms with E-state index in [9.17, 15) is 45.7 Å². The molecule has 0 N–H and O–H groups in total. The lowest BCUT2D eigenvalue weighted by Gasteiger charge is -2.10. The fourth-order valence-corrected chi connectivity index (χ4v) is 3.83. The zero-order valence-corrected chi connectivity index (χ0v) is 18.1. The number of unbranched alkanes of at least 4 members (excludes halogenated alkanes) is 2. The maximum Gasteiger partial charge on any atom is 0.339 e. The molecule has 0 amide bonds. The van der Waals surface area contributed by atoms with E-state index < -0.39 is 48.9 Å². The van der Waals surface area contributed by atoms with E-state index in [2.05, 4.69) is 0 Å². The number of benzene rings is 2. The second-order valence-corrected chi connectivity index (χ2v) is 7.39. The first kappa shape index (κ1) is 24.5. The molecule has 176 valence electrons. The summed E-state index contributed by atoms with van der Waals surface area (Å²) in [7, 11) is 0. The van der Waals surface area contributed by atoms with Gasteiger partial charge in [-0.2, -0.15) is 10.5 Å². The first-order valence-electron chi connectivity index (χ1n) is 10.2. The Kier molecular flexibility index (Phi) is 6.82. The van der Waals surface area contributed by atoms with Crippen LogP contribution in [0, 0.1) is 53.0 Å². The maximum atomic E-state index is 13.0. The second kappa shape index (κ2) is 9.76. The van der Waals surface area contributed by atoms with E-state index in [0.717, 1.165) is 31.0 Å². The van der Waals surface area contributed by atoms with Crippen LogP contribution in [-0.2, 0) is 4.74 Å². The number of carbonyl (C=O) groups excluding carboxylic acids is 1. The average Bonchev–Trinajstić information content (AvgIpc) is 3.15. The van der Waals surface area contributed by atoms with Gasteiger partial charge in [-0.15, -0.1) is 0 Å². The number of non-ortho nitro benzene ring substituents is 2. The summed E-state index contributed by atoms with van der Waals surface area (Å²) in [6.07, 6.45) is 2.10. The Hall–Kier alpha value is -5.17. The number of nitro benzene ring substituents is 3. The molecule has 35 heavy (non-hydrogen) atoms. The van der Waals surface area contributed by atoms with Crippen molar-refractivity contribution < 1.29 is 24.3 Å². The summed E-state index contributed by atoms with van der Waals surface area (Å²) in [5.41, 5.74) is -4.21. The van der Waals surface area contributed by atoms with Crippen LogP contribution in [0.5, 0.6) is 0 Å². The number of fused-ring (bicyclic) bond motifs is 3. The lowest BCUT2D eigenvalue weighted by atomic mass is 9.96. The third-order valence-electron chi connectivity index (χ3n) is 5.31. The Morgan fingerprint density at radius 3 is 1.97 bits per heavy atom. The predicted molar refractivity (Wildman–Crippen MR) is 119 cm³/mol. The molecule has 3 rings (SSSR count). The van der Waals surface area contributed by atoms with E-state index >= 15 is 0 Å². The topological polar surface area (TPSA) is 203 Å². The fourth-order valence-electron chi connectivity index (χ4n) is 3.83. The molecular formula is C22H15N5O8. The van der Waals surface area contributed by atoms with Gasteiger partial charge < -0.3 is 4.74 Å². The number of allylic oxidation sites excluding steroid dienone is 1. The summed E-state index contributed by atoms with van der Waals surface area (Å²) in [5.74, 6) is -1.00. The summed E-state index contributed by atoms with van der Waals surface area (Å²) in [6.45, 7) is 1.92. The standard InChI is InChI=1S/C22H15N5O8/c1-2-3-4-5-35-22(28)17-8-13(25(29)30)6-15-19(12(10-23)11-24)16-7-14(26(31)32)9-18(27(33)34)21(16)20(15)17/h6-9H,2-5H2,1H3. The number of nitriles is 2. The number of hydrogen-bond donors (Lipinski definition) is 0. The summed E-state index contributed by atoms with van der Waals surface area (Å²) >= 11 is 0. The van der Waals surface area contributed by atoms with E-state index in [1.807, 2.05) is 6.92 Å². The molecule has 0 unspecified atom stereocenters. The SMILES string of the molecule is CCCCCOC(=O)c1cc([N+](=O)[O-])cc2c1-c1c(cc([N+](=O)[O-])cc1[N+](=O)[O-])C2=C(C#N)C#N. The minimum atomic E-state index is -1.00. The molecule has 13 nitrogen and oxygen atoms in total. The van der Waals surface area contributed by atoms with Crippen molar-refractivity contribution in [2.45, 2.75) is 26.2 Å². The van der Waals surface area contributed by atoms with Crippen LogP contribution >= 0.6 is 0 Å². The third kappa shape index (κ3) is 4.38. The van der Waals surface area contributed by atoms with Crippen molar-refractivity contribution in [1.29, 1.82) is 10.5 Å². The van der Waals surface area contributed by atoms with Gasteiger partial charge in [-0.05, 0) is 6.42 Å². The quantitative estimate of drug-likeness (QED) is 0.145. The highest BCUT2D eigenvalue weighted by atomic mass is 16.6. The van der Waals surface area contributed by atoms with Crippen LogP contribution in [0.2, 0.25) is 0 Å². The molecule has 0 aromatic heterocycles. The summed E-state index contributed by atoms with van der Waals surface area (Å²) in [6, 6.07) is 6.68. The molecule has 0 bridgehead atoms. The summed E-state index contributed by atoms with van der Waals surface area (Å²) < 4.78 is 5.23. The molecule has 0 fully saturated rings. The number of carbonyl (C=O) groups is 1. The molecular weight excluding hydrogens is 462 g/mol. The van der Waals surface area contributed by atoms with Crippen LogP contribution in [-0.4, -0.2) is 27.3 Å². The minimum absolute atomic E-state index is 0.0102. The maximum absolute atomic E-state index is 13.0. The van der Waals surface area contributed by atoms with Crippen LogP contribution in [0.3, 0.4) is 0 Å². The molecule has 1 aliphatic carbocycles. The fraction of sp³-hybridized carbons (Fsp3) is 0.227. The molecule has 1 aliphatic rings. The number of nitrogens with zero attached hydrogens (tertiary/aromatic N) is 5. The van der Waals surface area contributed by atoms with Gasteiger partial charge in [0.2, 0.25) is 0 Å². The molecule has 0 aliphatic heterocycles. The van der Waals surface area contributed by atoms with Crippen LogP contribution in [0.15, 0.2) is 29.8 Å². The van der Waals surface area contributed by atoms with Crippen molar-refractivity contribution in [2.24, 2.45) is 0 Å². The van der Waals surface area contributed by atoms with Crippen LogP contribution in [0.4, 0.5) is 17.1 Å². The molecule has 2 aromatic carbocycles. The zero-order valence-electron chi connectivity index (χ0n) is 18.1. The third-order valence-corrected chi connectivity index (χ3v) is 5.31. The monoisotopic (exact) mass is 477 g/mol. The Labute approximate surface area is 196 Å². The first-order chi connectivity index (χ1) is 16.7. The number of esters is 1. The van der Waals surface area contributed by atoms with Crippen molar-refractivity contribution in [3.05, 3.63) is 76.9 Å². The van der Waals surface area contributed by atoms with Gasteiger partial charge in [0, 0.05) is 40.5 Å². The lowest BCUT2D eigenvalue weighted by molar-refractivity contribution is -0.393. The van der Waals surface area contributed by atoms with Crippen molar-refractivity contribution in [1.82, 2.24) is 0 Å². The summed E-state index contributed by atoms with van der Waals surface area (Å²) in [4.78, 5) is 45.2. The van der Waals surface area contributed by atoms with Gasteiger partial charge in [0.1, 0.15) is 17.7 Å². The number of ether oxygens (including phenoxy) is 1. The smallest absolute Gasteiger partial charge is 0.339 e. The molecule has 13 heteroatoms. The van der Waals surface area contributed by atoms with Crippen LogP contribution in [0.25, 0.3) is 16.7 Å². The highest BCUT2D eigenvalue weighted by Gasteiger charge is 2.40. The van der Waals surface area contributed by atoms with Gasteiger partial charge in [0.05, 0.1) is 38.6 Å². The van der Waals surface area contributed by atoms with Gasteiger partial charge in [-0.3, -0.25) is 30.3 Å². The van der Waals surface area contributed by atoms with E-state index in [1.165, 1.54) is 0 Å². The number of hydrogen-bond acceptors (Lipinski definition) is 10. The largest absolute Gasteiger partial charge is 0.462 e. The van der Waals surface area contributed by atoms with Gasteiger partial charge in [0.15, 0.2) is 0 Å². The normalized spacial score (nSPS) is 11.0. The van der Waals surface area contributed by atoms with E-state index in [1.54, 1.807) is 12.1 Å². The van der Waals surface area contributed by atoms with E-state index in [0.29, 0.717) is 12.5 Å². The highest BCUT2D eigenvalue weighted by Crippen LogP contribution is 2.53. The molecule has 0 atom stereocenters. The summed E-state index contributed by atoms with van der Waals surface area (Å²) in [5, 5.41) is 53.9. The zero-order chi connectivity index (χ0) is 25.9. The van der Waals surface area contributed by atoms with Gasteiger partial charge in [0.25, 0.3) is 17.1 Å². The molecule has 0 spiro atoms. The Morgan fingerprint density at radius 1 is 0.886 bits per heavy atom. The highest BCUT2D eigenvalue weighted by molar-refractivity contribution is 6.13. The number of nitro groups is 3. The number of rotatable bonds is 8. The molecule has 0 saturated carbocycles. The van der Waals surface area contributed by atoms with Crippen LogP contribution < -0.4 is 0 Å². The first-order valence-corrected chi connectivity index (χ1v) is 10.2.